The van der Waals surface area contributed by atoms with Crippen LogP contribution in [0.1, 0.15) is 57.9 Å². The van der Waals surface area contributed by atoms with Gasteiger partial charge >= 0.3 is 11.9 Å². The topological polar surface area (TPSA) is 105 Å². The van der Waals surface area contributed by atoms with Gasteiger partial charge in [-0.2, -0.15) is 0 Å². The maximum absolute atomic E-state index is 13.3. The van der Waals surface area contributed by atoms with Crippen LogP contribution >= 0.6 is 0 Å². The van der Waals surface area contributed by atoms with E-state index in [4.69, 9.17) is 9.47 Å². The summed E-state index contributed by atoms with van der Waals surface area (Å²) in [5, 5.41) is 13.0. The largest absolute Gasteiger partial charge is 0.480 e. The summed E-state index contributed by atoms with van der Waals surface area (Å²) < 4.78 is 11.2. The van der Waals surface area contributed by atoms with E-state index in [1.54, 1.807) is 13.8 Å². The molecule has 182 valence electrons. The fraction of sp³-hybridized carbons (Fsp3) is 0.640. The number of amides is 1. The number of carboxylic acids is 1. The molecule has 1 spiro atoms. The van der Waals surface area contributed by atoms with Gasteiger partial charge in [0.15, 0.2) is 0 Å². The average molecular weight is 461 g/mol. The van der Waals surface area contributed by atoms with Crippen LogP contribution in [0.5, 0.6) is 0 Å². The molecule has 4 atom stereocenters. The van der Waals surface area contributed by atoms with Gasteiger partial charge in [0.25, 0.3) is 0 Å². The second-order valence-electron chi connectivity index (χ2n) is 9.05. The van der Waals surface area contributed by atoms with Gasteiger partial charge < -0.3 is 19.5 Å². The van der Waals surface area contributed by atoms with Crippen molar-refractivity contribution in [2.75, 3.05) is 19.8 Å². The van der Waals surface area contributed by atoms with Crippen LogP contribution in [0.3, 0.4) is 0 Å². The Labute approximate surface area is 195 Å². The number of nitrogens with one attached hydrogen (secondary N) is 1. The molecular weight excluding hydrogens is 424 g/mol. The maximum Gasteiger partial charge on any atom is 0.326 e. The molecule has 33 heavy (non-hydrogen) atoms. The van der Waals surface area contributed by atoms with Crippen molar-refractivity contribution in [3.8, 4) is 0 Å². The van der Waals surface area contributed by atoms with Crippen LogP contribution in [-0.4, -0.2) is 71.3 Å². The summed E-state index contributed by atoms with van der Waals surface area (Å²) in [5.74, 6) is -1.74. The number of hydrogen-bond acceptors (Lipinski definition) is 6. The van der Waals surface area contributed by atoms with Gasteiger partial charge in [-0.3, -0.25) is 14.9 Å². The first-order valence-electron chi connectivity index (χ1n) is 12.0. The second-order valence-corrected chi connectivity index (χ2v) is 9.05. The minimum atomic E-state index is -1.02. The Morgan fingerprint density at radius 2 is 2.00 bits per heavy atom. The van der Waals surface area contributed by atoms with Crippen LogP contribution in [0.2, 0.25) is 0 Å². The standard InChI is InChI=1S/C25H36N2O6/c1-3-32-24(31)20(12-11-19-9-5-4-6-10-19)26-18(2)22(28)27-15-14-25(13-7-8-16-33-25)17-21(27)23(29)30/h4-6,9-10,18,20-21,26H,3,7-8,11-17H2,1-2H3,(H,29,30)/t18-,20?,21?,25?/m0/s1. The molecule has 2 aliphatic heterocycles. The van der Waals surface area contributed by atoms with Crippen LogP contribution in [0.15, 0.2) is 30.3 Å². The predicted octanol–water partition coefficient (Wildman–Crippen LogP) is 2.54. The molecule has 2 fully saturated rings. The van der Waals surface area contributed by atoms with Gasteiger partial charge in [-0.1, -0.05) is 30.3 Å². The van der Waals surface area contributed by atoms with E-state index in [1.165, 1.54) is 4.90 Å². The fourth-order valence-corrected chi connectivity index (χ4v) is 4.89. The molecule has 3 rings (SSSR count). The van der Waals surface area contributed by atoms with Crippen molar-refractivity contribution in [2.45, 2.75) is 82.5 Å². The lowest BCUT2D eigenvalue weighted by atomic mass is 9.80. The van der Waals surface area contributed by atoms with Crippen LogP contribution in [0, 0.1) is 0 Å². The highest BCUT2D eigenvalue weighted by molar-refractivity contribution is 5.88. The Morgan fingerprint density at radius 3 is 2.64 bits per heavy atom. The smallest absolute Gasteiger partial charge is 0.326 e. The summed E-state index contributed by atoms with van der Waals surface area (Å²) in [6.07, 6.45) is 4.89. The van der Waals surface area contributed by atoms with Crippen LogP contribution in [0.4, 0.5) is 0 Å². The zero-order valence-corrected chi connectivity index (χ0v) is 19.6. The third-order valence-electron chi connectivity index (χ3n) is 6.71. The Hall–Kier alpha value is -2.45. The third kappa shape index (κ3) is 6.54. The molecule has 0 aliphatic carbocycles. The van der Waals surface area contributed by atoms with Gasteiger partial charge in [0.2, 0.25) is 5.91 Å². The van der Waals surface area contributed by atoms with E-state index in [-0.39, 0.29) is 12.5 Å². The normalized spacial score (nSPS) is 24.8. The number of carbonyl (C=O) groups excluding carboxylic acids is 2. The summed E-state index contributed by atoms with van der Waals surface area (Å²) in [4.78, 5) is 39.3. The first-order chi connectivity index (χ1) is 15.8. The first kappa shape index (κ1) is 25.2. The maximum atomic E-state index is 13.3. The van der Waals surface area contributed by atoms with Gasteiger partial charge in [0.1, 0.15) is 12.1 Å². The molecular formula is C25H36N2O6. The lowest BCUT2D eigenvalue weighted by Crippen LogP contribution is -2.61. The average Bonchev–Trinajstić information content (AvgIpc) is 2.82. The monoisotopic (exact) mass is 460 g/mol. The van der Waals surface area contributed by atoms with Crippen molar-refractivity contribution in [1.82, 2.24) is 10.2 Å². The highest BCUT2D eigenvalue weighted by Crippen LogP contribution is 2.37. The highest BCUT2D eigenvalue weighted by atomic mass is 16.5. The third-order valence-corrected chi connectivity index (χ3v) is 6.71. The second kappa shape index (κ2) is 11.6. The van der Waals surface area contributed by atoms with Crippen molar-refractivity contribution < 1.29 is 29.0 Å². The lowest BCUT2D eigenvalue weighted by molar-refractivity contribution is -0.168. The molecule has 8 nitrogen and oxygen atoms in total. The van der Waals surface area contributed by atoms with Crippen molar-refractivity contribution >= 4 is 17.8 Å². The molecule has 2 heterocycles. The predicted molar refractivity (Wildman–Crippen MR) is 123 cm³/mol. The fourth-order valence-electron chi connectivity index (χ4n) is 4.89. The van der Waals surface area contributed by atoms with E-state index in [0.29, 0.717) is 38.8 Å². The van der Waals surface area contributed by atoms with Crippen LogP contribution < -0.4 is 5.32 Å². The molecule has 0 saturated carbocycles. The number of piperidine rings is 1. The minimum Gasteiger partial charge on any atom is -0.480 e. The van der Waals surface area contributed by atoms with Gasteiger partial charge in [-0.05, 0) is 57.9 Å². The molecule has 2 N–H and O–H groups in total. The van der Waals surface area contributed by atoms with E-state index >= 15 is 0 Å². The SMILES string of the molecule is CCOC(=O)C(CCc1ccccc1)N[C@@H](C)C(=O)N1CCC2(CCCCO2)CC1C(=O)O. The van der Waals surface area contributed by atoms with Gasteiger partial charge in [0.05, 0.1) is 18.2 Å². The molecule has 8 heteroatoms. The quantitative estimate of drug-likeness (QED) is 0.546. The summed E-state index contributed by atoms with van der Waals surface area (Å²) in [7, 11) is 0. The Bertz CT molecular complexity index is 808. The Balaban J connectivity index is 1.66. The summed E-state index contributed by atoms with van der Waals surface area (Å²) in [6.45, 7) is 4.64. The van der Waals surface area contributed by atoms with E-state index in [9.17, 15) is 19.5 Å². The van der Waals surface area contributed by atoms with E-state index in [1.807, 2.05) is 30.3 Å². The van der Waals surface area contributed by atoms with Gasteiger partial charge in [-0.25, -0.2) is 4.79 Å². The van der Waals surface area contributed by atoms with Gasteiger partial charge in [-0.15, -0.1) is 0 Å². The minimum absolute atomic E-state index is 0.250. The van der Waals surface area contributed by atoms with Crippen LogP contribution in [-0.2, 0) is 30.3 Å². The number of ether oxygens (including phenoxy) is 2. The van der Waals surface area contributed by atoms with Crippen molar-refractivity contribution in [1.29, 1.82) is 0 Å². The molecule has 1 aromatic carbocycles. The number of aryl methyl sites for hydroxylation is 1. The number of likely N-dealkylation sites (tertiary alicyclic amines) is 1. The van der Waals surface area contributed by atoms with E-state index in [2.05, 4.69) is 5.32 Å². The molecule has 2 aliphatic rings. The number of carbonyl (C=O) groups is 3. The number of rotatable bonds is 9. The number of aliphatic carboxylic acids is 1. The summed E-state index contributed by atoms with van der Waals surface area (Å²) >= 11 is 0. The zero-order valence-electron chi connectivity index (χ0n) is 19.6. The number of hydrogen-bond donors (Lipinski definition) is 2. The molecule has 2 saturated heterocycles. The molecule has 0 bridgehead atoms. The molecule has 3 unspecified atom stereocenters. The van der Waals surface area contributed by atoms with E-state index in [0.717, 1.165) is 24.8 Å². The Kier molecular flexibility index (Phi) is 8.86. The highest BCUT2D eigenvalue weighted by Gasteiger charge is 2.46. The van der Waals surface area contributed by atoms with Gasteiger partial charge in [0, 0.05) is 19.6 Å². The van der Waals surface area contributed by atoms with Crippen molar-refractivity contribution in [3.05, 3.63) is 35.9 Å². The van der Waals surface area contributed by atoms with Crippen LogP contribution in [0.25, 0.3) is 0 Å². The summed E-state index contributed by atoms with van der Waals surface area (Å²) in [5.41, 5.74) is 0.644. The van der Waals surface area contributed by atoms with Crippen molar-refractivity contribution in [2.24, 2.45) is 0 Å². The number of carboxylic acid groups (broad SMARTS) is 1. The Morgan fingerprint density at radius 1 is 1.24 bits per heavy atom. The summed E-state index contributed by atoms with van der Waals surface area (Å²) in [6, 6.07) is 7.49. The lowest BCUT2D eigenvalue weighted by Gasteiger charge is -2.47. The number of esters is 1. The molecule has 0 aromatic heterocycles. The molecule has 1 amide bonds. The van der Waals surface area contributed by atoms with Crippen molar-refractivity contribution in [3.63, 3.8) is 0 Å². The zero-order chi connectivity index (χ0) is 23.8. The molecule has 0 radical (unpaired) electrons. The first-order valence-corrected chi connectivity index (χ1v) is 12.0. The molecule has 1 aromatic rings. The van der Waals surface area contributed by atoms with E-state index < -0.39 is 35.7 Å². The number of nitrogens with zero attached hydrogens (tertiary/aromatic N) is 1. The number of benzene rings is 1.